The largest absolute Gasteiger partial charge is 0.465 e. The second kappa shape index (κ2) is 6.52. The standard InChI is InChI=1S/C14H10N2O7/c1-22-14(17)9-5-7-10(8-6-9)23-13-11(15(18)19)3-2-4-12(13)16(20)21/h2-8H,1H3. The summed E-state index contributed by atoms with van der Waals surface area (Å²) in [5.41, 5.74) is -0.815. The molecule has 118 valence electrons. The van der Waals surface area contributed by atoms with Crippen molar-refractivity contribution in [2.24, 2.45) is 0 Å². The maximum Gasteiger partial charge on any atom is 0.337 e. The predicted octanol–water partition coefficient (Wildman–Crippen LogP) is 3.08. The molecule has 0 spiro atoms. The van der Waals surface area contributed by atoms with E-state index in [4.69, 9.17) is 4.74 Å². The number of benzene rings is 2. The molecular weight excluding hydrogens is 308 g/mol. The van der Waals surface area contributed by atoms with E-state index < -0.39 is 32.9 Å². The van der Waals surface area contributed by atoms with Gasteiger partial charge in [-0.3, -0.25) is 20.2 Å². The first-order valence-electron chi connectivity index (χ1n) is 6.22. The van der Waals surface area contributed by atoms with Crippen molar-refractivity contribution in [1.29, 1.82) is 0 Å². The summed E-state index contributed by atoms with van der Waals surface area (Å²) in [7, 11) is 1.23. The third-order valence-corrected chi connectivity index (χ3v) is 2.86. The molecule has 0 saturated heterocycles. The minimum absolute atomic E-state index is 0.107. The molecule has 0 saturated carbocycles. The summed E-state index contributed by atoms with van der Waals surface area (Å²) in [6.45, 7) is 0. The molecule has 0 aliphatic carbocycles. The normalized spacial score (nSPS) is 9.96. The van der Waals surface area contributed by atoms with Crippen LogP contribution in [-0.4, -0.2) is 22.9 Å². The average Bonchev–Trinajstić information content (AvgIpc) is 2.54. The molecular formula is C14H10N2O7. The van der Waals surface area contributed by atoms with Crippen molar-refractivity contribution in [3.8, 4) is 11.5 Å². The molecule has 0 N–H and O–H groups in total. The van der Waals surface area contributed by atoms with Gasteiger partial charge in [-0.1, -0.05) is 0 Å². The molecule has 0 heterocycles. The lowest BCUT2D eigenvalue weighted by molar-refractivity contribution is -0.395. The molecule has 9 nitrogen and oxygen atoms in total. The van der Waals surface area contributed by atoms with Crippen LogP contribution in [0.1, 0.15) is 10.4 Å². The Hall–Kier alpha value is -3.49. The highest BCUT2D eigenvalue weighted by Gasteiger charge is 2.27. The quantitative estimate of drug-likeness (QED) is 0.471. The Labute approximate surface area is 129 Å². The second-order valence-electron chi connectivity index (χ2n) is 4.26. The van der Waals surface area contributed by atoms with Gasteiger partial charge in [0, 0.05) is 12.1 Å². The van der Waals surface area contributed by atoms with Gasteiger partial charge in [0.15, 0.2) is 0 Å². The molecule has 0 fully saturated rings. The van der Waals surface area contributed by atoms with Crippen molar-refractivity contribution in [3.63, 3.8) is 0 Å². The van der Waals surface area contributed by atoms with Crippen LogP contribution in [0, 0.1) is 20.2 Å². The number of rotatable bonds is 5. The number of nitrogens with zero attached hydrogens (tertiary/aromatic N) is 2. The van der Waals surface area contributed by atoms with Crippen LogP contribution in [0.15, 0.2) is 42.5 Å². The molecule has 0 aliphatic heterocycles. The maximum absolute atomic E-state index is 11.3. The number of hydrogen-bond donors (Lipinski definition) is 0. The first kappa shape index (κ1) is 15.9. The first-order chi connectivity index (χ1) is 10.9. The maximum atomic E-state index is 11.3. The van der Waals surface area contributed by atoms with Crippen molar-refractivity contribution in [2.75, 3.05) is 7.11 Å². The molecule has 2 aromatic carbocycles. The van der Waals surface area contributed by atoms with Crippen LogP contribution in [-0.2, 0) is 4.74 Å². The van der Waals surface area contributed by atoms with E-state index in [1.807, 2.05) is 0 Å². The number of carbonyl (C=O) groups excluding carboxylic acids is 1. The zero-order chi connectivity index (χ0) is 17.0. The smallest absolute Gasteiger partial charge is 0.337 e. The summed E-state index contributed by atoms with van der Waals surface area (Å²) >= 11 is 0. The minimum atomic E-state index is -0.773. The minimum Gasteiger partial charge on any atom is -0.465 e. The molecule has 0 aromatic heterocycles. The average molecular weight is 318 g/mol. The highest BCUT2D eigenvalue weighted by molar-refractivity contribution is 5.89. The van der Waals surface area contributed by atoms with Gasteiger partial charge < -0.3 is 9.47 Å². The number of nitro groups is 2. The fraction of sp³-hybridized carbons (Fsp3) is 0.0714. The number of ether oxygens (including phenoxy) is 2. The number of para-hydroxylation sites is 1. The lowest BCUT2D eigenvalue weighted by Crippen LogP contribution is -2.01. The fourth-order valence-electron chi connectivity index (χ4n) is 1.80. The van der Waals surface area contributed by atoms with Gasteiger partial charge in [-0.2, -0.15) is 0 Å². The van der Waals surface area contributed by atoms with Crippen LogP contribution in [0.4, 0.5) is 11.4 Å². The van der Waals surface area contributed by atoms with Gasteiger partial charge in [-0.15, -0.1) is 0 Å². The summed E-state index contributed by atoms with van der Waals surface area (Å²) in [6.07, 6.45) is 0. The van der Waals surface area contributed by atoms with Crippen molar-refractivity contribution < 1.29 is 24.1 Å². The first-order valence-corrected chi connectivity index (χ1v) is 6.22. The molecule has 0 radical (unpaired) electrons. The molecule has 0 bridgehead atoms. The number of hydrogen-bond acceptors (Lipinski definition) is 7. The Balaban J connectivity index is 2.41. The summed E-state index contributed by atoms with van der Waals surface area (Å²) in [4.78, 5) is 31.8. The number of methoxy groups -OCH3 is 1. The van der Waals surface area contributed by atoms with E-state index in [1.165, 1.54) is 37.4 Å². The van der Waals surface area contributed by atoms with E-state index >= 15 is 0 Å². The molecule has 0 atom stereocenters. The van der Waals surface area contributed by atoms with E-state index in [9.17, 15) is 25.0 Å². The van der Waals surface area contributed by atoms with E-state index in [1.54, 1.807) is 0 Å². The number of carbonyl (C=O) groups is 1. The van der Waals surface area contributed by atoms with E-state index in [2.05, 4.69) is 4.74 Å². The van der Waals surface area contributed by atoms with Gasteiger partial charge in [0.25, 0.3) is 5.75 Å². The molecule has 9 heteroatoms. The van der Waals surface area contributed by atoms with Crippen LogP contribution in [0.2, 0.25) is 0 Å². The van der Waals surface area contributed by atoms with Crippen molar-refractivity contribution >= 4 is 17.3 Å². The predicted molar refractivity (Wildman–Crippen MR) is 77.6 cm³/mol. The molecule has 0 unspecified atom stereocenters. The van der Waals surface area contributed by atoms with Crippen molar-refractivity contribution in [2.45, 2.75) is 0 Å². The third kappa shape index (κ3) is 3.40. The molecule has 0 amide bonds. The van der Waals surface area contributed by atoms with Crippen LogP contribution >= 0.6 is 0 Å². The van der Waals surface area contributed by atoms with Crippen molar-refractivity contribution in [1.82, 2.24) is 0 Å². The van der Waals surface area contributed by atoms with Gasteiger partial charge in [-0.05, 0) is 30.3 Å². The van der Waals surface area contributed by atoms with Gasteiger partial charge in [0.2, 0.25) is 0 Å². The number of nitro benzene ring substituents is 2. The van der Waals surface area contributed by atoms with Crippen LogP contribution < -0.4 is 4.74 Å². The molecule has 0 aliphatic rings. The Morgan fingerprint density at radius 1 is 0.957 bits per heavy atom. The monoisotopic (exact) mass is 318 g/mol. The number of esters is 1. The highest BCUT2D eigenvalue weighted by Crippen LogP contribution is 2.39. The highest BCUT2D eigenvalue weighted by atomic mass is 16.6. The van der Waals surface area contributed by atoms with Gasteiger partial charge in [0.1, 0.15) is 5.75 Å². The Morgan fingerprint density at radius 3 is 1.91 bits per heavy atom. The van der Waals surface area contributed by atoms with Crippen LogP contribution in [0.5, 0.6) is 11.5 Å². The van der Waals surface area contributed by atoms with Crippen LogP contribution in [0.25, 0.3) is 0 Å². The summed E-state index contributed by atoms with van der Waals surface area (Å²) < 4.78 is 9.83. The summed E-state index contributed by atoms with van der Waals surface area (Å²) in [5, 5.41) is 22.0. The Kier molecular flexibility index (Phi) is 4.50. The fourth-order valence-corrected chi connectivity index (χ4v) is 1.80. The molecule has 2 aromatic rings. The lowest BCUT2D eigenvalue weighted by atomic mass is 10.2. The third-order valence-electron chi connectivity index (χ3n) is 2.86. The summed E-state index contributed by atoms with van der Waals surface area (Å²) in [5.74, 6) is -0.934. The van der Waals surface area contributed by atoms with E-state index in [0.29, 0.717) is 0 Å². The van der Waals surface area contributed by atoms with Gasteiger partial charge >= 0.3 is 17.3 Å². The summed E-state index contributed by atoms with van der Waals surface area (Å²) in [6, 6.07) is 8.86. The zero-order valence-electron chi connectivity index (χ0n) is 11.8. The second-order valence-corrected chi connectivity index (χ2v) is 4.26. The Morgan fingerprint density at radius 2 is 1.48 bits per heavy atom. The van der Waals surface area contributed by atoms with Crippen LogP contribution in [0.3, 0.4) is 0 Å². The lowest BCUT2D eigenvalue weighted by Gasteiger charge is -2.07. The molecule has 2 rings (SSSR count). The van der Waals surface area contributed by atoms with E-state index in [0.717, 1.165) is 12.1 Å². The topological polar surface area (TPSA) is 122 Å². The van der Waals surface area contributed by atoms with E-state index in [-0.39, 0.29) is 11.3 Å². The SMILES string of the molecule is COC(=O)c1ccc(Oc2c([N+](=O)[O-])cccc2[N+](=O)[O-])cc1. The van der Waals surface area contributed by atoms with Crippen molar-refractivity contribution in [3.05, 3.63) is 68.3 Å². The van der Waals surface area contributed by atoms with Gasteiger partial charge in [0.05, 0.1) is 22.5 Å². The zero-order valence-corrected chi connectivity index (χ0v) is 11.8. The van der Waals surface area contributed by atoms with Gasteiger partial charge in [-0.25, -0.2) is 4.79 Å². The Bertz CT molecular complexity index is 739. The molecule has 23 heavy (non-hydrogen) atoms.